The first-order valence-corrected chi connectivity index (χ1v) is 5.88. The van der Waals surface area contributed by atoms with E-state index in [1.807, 2.05) is 12.1 Å². The zero-order valence-corrected chi connectivity index (χ0v) is 10.0. The summed E-state index contributed by atoms with van der Waals surface area (Å²) in [6, 6.07) is 3.56. The summed E-state index contributed by atoms with van der Waals surface area (Å²) in [6.07, 6.45) is 3.90. The summed E-state index contributed by atoms with van der Waals surface area (Å²) in [5, 5.41) is 2.86. The molecule has 0 aromatic carbocycles. The summed E-state index contributed by atoms with van der Waals surface area (Å²) in [5.74, 6) is 0.778. The standard InChI is InChI=1S/C12H18N2O3/c1-14(9-11-5-3-7-17-11)12(15)13-8-10-4-2-6-16-10/h3,5,7,10H,2,4,6,8-9H2,1H3,(H,13,15)/t10-/m0/s1. The minimum Gasteiger partial charge on any atom is -0.467 e. The molecule has 0 radical (unpaired) electrons. The molecule has 1 aromatic rings. The van der Waals surface area contributed by atoms with Gasteiger partial charge in [0.15, 0.2) is 0 Å². The van der Waals surface area contributed by atoms with Gasteiger partial charge in [0.25, 0.3) is 0 Å². The summed E-state index contributed by atoms with van der Waals surface area (Å²) in [6.45, 7) is 1.87. The lowest BCUT2D eigenvalue weighted by Crippen LogP contribution is -2.40. The van der Waals surface area contributed by atoms with Crippen LogP contribution in [-0.4, -0.2) is 37.2 Å². The van der Waals surface area contributed by atoms with E-state index in [1.54, 1.807) is 18.2 Å². The number of hydrogen-bond acceptors (Lipinski definition) is 3. The van der Waals surface area contributed by atoms with Crippen LogP contribution < -0.4 is 5.32 Å². The van der Waals surface area contributed by atoms with Crippen LogP contribution >= 0.6 is 0 Å². The van der Waals surface area contributed by atoms with Crippen molar-refractivity contribution in [1.82, 2.24) is 10.2 Å². The van der Waals surface area contributed by atoms with Crippen molar-refractivity contribution in [3.8, 4) is 0 Å². The summed E-state index contributed by atoms with van der Waals surface area (Å²) in [7, 11) is 1.74. The summed E-state index contributed by atoms with van der Waals surface area (Å²) in [4.78, 5) is 13.3. The molecule has 1 fully saturated rings. The van der Waals surface area contributed by atoms with E-state index >= 15 is 0 Å². The second-order valence-electron chi connectivity index (χ2n) is 4.26. The van der Waals surface area contributed by atoms with Crippen LogP contribution in [0.1, 0.15) is 18.6 Å². The molecule has 5 heteroatoms. The van der Waals surface area contributed by atoms with E-state index in [9.17, 15) is 4.79 Å². The van der Waals surface area contributed by atoms with Crippen LogP contribution in [0.15, 0.2) is 22.8 Å². The number of carbonyl (C=O) groups is 1. The second-order valence-corrected chi connectivity index (χ2v) is 4.26. The van der Waals surface area contributed by atoms with Crippen molar-refractivity contribution in [3.05, 3.63) is 24.2 Å². The van der Waals surface area contributed by atoms with Crippen LogP contribution in [0.5, 0.6) is 0 Å². The molecule has 2 heterocycles. The van der Waals surface area contributed by atoms with Crippen molar-refractivity contribution >= 4 is 6.03 Å². The van der Waals surface area contributed by atoms with E-state index in [2.05, 4.69) is 5.32 Å². The molecular formula is C12H18N2O3. The van der Waals surface area contributed by atoms with E-state index in [4.69, 9.17) is 9.15 Å². The van der Waals surface area contributed by atoms with Crippen LogP contribution in [0.3, 0.4) is 0 Å². The van der Waals surface area contributed by atoms with E-state index in [0.717, 1.165) is 25.2 Å². The van der Waals surface area contributed by atoms with Gasteiger partial charge < -0.3 is 19.4 Å². The molecule has 2 amide bonds. The topological polar surface area (TPSA) is 54.7 Å². The van der Waals surface area contributed by atoms with Gasteiger partial charge in [-0.3, -0.25) is 0 Å². The van der Waals surface area contributed by atoms with Gasteiger partial charge in [-0.1, -0.05) is 0 Å². The van der Waals surface area contributed by atoms with Crippen LogP contribution in [0, 0.1) is 0 Å². The lowest BCUT2D eigenvalue weighted by Gasteiger charge is -2.18. The van der Waals surface area contributed by atoms with Crippen molar-refractivity contribution in [3.63, 3.8) is 0 Å². The number of rotatable bonds is 4. The van der Waals surface area contributed by atoms with Gasteiger partial charge in [0, 0.05) is 20.2 Å². The second kappa shape index (κ2) is 5.72. The number of amides is 2. The van der Waals surface area contributed by atoms with Crippen molar-refractivity contribution in [2.24, 2.45) is 0 Å². The molecule has 17 heavy (non-hydrogen) atoms. The molecule has 0 spiro atoms. The molecule has 2 rings (SSSR count). The first kappa shape index (κ1) is 12.0. The predicted octanol–water partition coefficient (Wildman–Crippen LogP) is 1.60. The van der Waals surface area contributed by atoms with Crippen LogP contribution in [0.4, 0.5) is 4.79 Å². The fraction of sp³-hybridized carbons (Fsp3) is 0.583. The molecule has 0 bridgehead atoms. The third kappa shape index (κ3) is 3.49. The number of carbonyl (C=O) groups excluding carboxylic acids is 1. The van der Waals surface area contributed by atoms with Crippen molar-refractivity contribution < 1.29 is 13.9 Å². The molecule has 1 aliphatic heterocycles. The Hall–Kier alpha value is -1.49. The first-order chi connectivity index (χ1) is 8.25. The summed E-state index contributed by atoms with van der Waals surface area (Å²) < 4.78 is 10.6. The Morgan fingerprint density at radius 2 is 2.53 bits per heavy atom. The molecule has 1 aliphatic rings. The highest BCUT2D eigenvalue weighted by molar-refractivity contribution is 5.73. The zero-order chi connectivity index (χ0) is 12.1. The highest BCUT2D eigenvalue weighted by Crippen LogP contribution is 2.10. The maximum absolute atomic E-state index is 11.7. The lowest BCUT2D eigenvalue weighted by atomic mass is 10.2. The largest absolute Gasteiger partial charge is 0.467 e. The monoisotopic (exact) mass is 238 g/mol. The molecule has 0 saturated carbocycles. The molecule has 1 saturated heterocycles. The van der Waals surface area contributed by atoms with Crippen LogP contribution in [0.2, 0.25) is 0 Å². The minimum atomic E-state index is -0.100. The van der Waals surface area contributed by atoms with Gasteiger partial charge in [-0.05, 0) is 25.0 Å². The molecule has 94 valence electrons. The number of hydrogen-bond donors (Lipinski definition) is 1. The smallest absolute Gasteiger partial charge is 0.317 e. The minimum absolute atomic E-state index is 0.100. The molecule has 0 unspecified atom stereocenters. The predicted molar refractivity (Wildman–Crippen MR) is 62.5 cm³/mol. The molecule has 1 N–H and O–H groups in total. The highest BCUT2D eigenvalue weighted by Gasteiger charge is 2.17. The third-order valence-corrected chi connectivity index (χ3v) is 2.82. The van der Waals surface area contributed by atoms with Gasteiger partial charge >= 0.3 is 6.03 Å². The normalized spacial score (nSPS) is 19.2. The number of urea groups is 1. The molecule has 1 aromatic heterocycles. The van der Waals surface area contributed by atoms with E-state index < -0.39 is 0 Å². The van der Waals surface area contributed by atoms with Gasteiger partial charge in [-0.25, -0.2) is 4.79 Å². The van der Waals surface area contributed by atoms with Gasteiger partial charge in [0.2, 0.25) is 0 Å². The lowest BCUT2D eigenvalue weighted by molar-refractivity contribution is 0.109. The van der Waals surface area contributed by atoms with Crippen LogP contribution in [-0.2, 0) is 11.3 Å². The Kier molecular flexibility index (Phi) is 4.03. The molecule has 0 aliphatic carbocycles. The number of nitrogens with one attached hydrogen (secondary N) is 1. The fourth-order valence-corrected chi connectivity index (χ4v) is 1.85. The van der Waals surface area contributed by atoms with Gasteiger partial charge in [-0.2, -0.15) is 0 Å². The molecular weight excluding hydrogens is 220 g/mol. The Morgan fingerprint density at radius 1 is 1.65 bits per heavy atom. The average molecular weight is 238 g/mol. The Labute approximate surface area is 101 Å². The van der Waals surface area contributed by atoms with E-state index in [-0.39, 0.29) is 12.1 Å². The van der Waals surface area contributed by atoms with E-state index in [0.29, 0.717) is 13.1 Å². The van der Waals surface area contributed by atoms with Crippen molar-refractivity contribution in [2.75, 3.05) is 20.2 Å². The highest BCUT2D eigenvalue weighted by atomic mass is 16.5. The Bertz CT molecular complexity index is 345. The van der Waals surface area contributed by atoms with Gasteiger partial charge in [0.1, 0.15) is 5.76 Å². The van der Waals surface area contributed by atoms with Crippen molar-refractivity contribution in [2.45, 2.75) is 25.5 Å². The maximum Gasteiger partial charge on any atom is 0.317 e. The number of ether oxygens (including phenoxy) is 1. The quantitative estimate of drug-likeness (QED) is 0.866. The van der Waals surface area contributed by atoms with Crippen molar-refractivity contribution in [1.29, 1.82) is 0 Å². The summed E-state index contributed by atoms with van der Waals surface area (Å²) in [5.41, 5.74) is 0. The zero-order valence-electron chi connectivity index (χ0n) is 10.0. The SMILES string of the molecule is CN(Cc1ccco1)C(=O)NC[C@@H]1CCCO1. The molecule has 5 nitrogen and oxygen atoms in total. The number of nitrogens with zero attached hydrogens (tertiary/aromatic N) is 1. The first-order valence-electron chi connectivity index (χ1n) is 5.88. The molecule has 1 atom stereocenters. The Morgan fingerprint density at radius 3 is 3.18 bits per heavy atom. The number of furan rings is 1. The van der Waals surface area contributed by atoms with Gasteiger partial charge in [-0.15, -0.1) is 0 Å². The summed E-state index contributed by atoms with van der Waals surface area (Å²) >= 11 is 0. The van der Waals surface area contributed by atoms with Crippen LogP contribution in [0.25, 0.3) is 0 Å². The maximum atomic E-state index is 11.7. The fourth-order valence-electron chi connectivity index (χ4n) is 1.85. The Balaban J connectivity index is 1.71. The third-order valence-electron chi connectivity index (χ3n) is 2.82. The average Bonchev–Trinajstić information content (AvgIpc) is 2.98. The van der Waals surface area contributed by atoms with Gasteiger partial charge in [0.05, 0.1) is 18.9 Å². The van der Waals surface area contributed by atoms with E-state index in [1.165, 1.54) is 0 Å².